The minimum absolute atomic E-state index is 0.422. The van der Waals surface area contributed by atoms with Crippen LogP contribution in [0.15, 0.2) is 6.07 Å². The lowest BCUT2D eigenvalue weighted by molar-refractivity contribution is -0.386. The maximum atomic E-state index is 13.3. The van der Waals surface area contributed by atoms with E-state index in [9.17, 15) is 19.6 Å². The molecular weight excluding hydrogens is 207 g/mol. The van der Waals surface area contributed by atoms with Gasteiger partial charge in [0, 0.05) is 6.07 Å². The Hall–Kier alpha value is -2.36. The molecule has 15 heavy (non-hydrogen) atoms. The number of nitro benzene ring substituents is 1. The Balaban J connectivity index is 3.63. The number of phenolic OH excluding ortho intramolecular Hbond substituents is 1. The van der Waals surface area contributed by atoms with Gasteiger partial charge < -0.3 is 9.84 Å². The van der Waals surface area contributed by atoms with Crippen molar-refractivity contribution in [2.75, 3.05) is 7.11 Å². The van der Waals surface area contributed by atoms with Crippen molar-refractivity contribution in [3.63, 3.8) is 0 Å². The molecule has 0 aliphatic rings. The third-order valence-corrected chi connectivity index (χ3v) is 1.70. The number of halogens is 1. The van der Waals surface area contributed by atoms with Gasteiger partial charge >= 0.3 is 5.69 Å². The zero-order valence-corrected chi connectivity index (χ0v) is 7.52. The second-order valence-corrected chi connectivity index (χ2v) is 2.50. The number of hydrogen-bond donors (Lipinski definition) is 1. The molecule has 0 aliphatic carbocycles. The molecule has 0 atom stereocenters. The first-order valence-corrected chi connectivity index (χ1v) is 3.66. The molecule has 6 nitrogen and oxygen atoms in total. The lowest BCUT2D eigenvalue weighted by Crippen LogP contribution is -1.99. The molecule has 0 radical (unpaired) electrons. The van der Waals surface area contributed by atoms with E-state index in [2.05, 4.69) is 4.74 Å². The summed E-state index contributed by atoms with van der Waals surface area (Å²) in [7, 11) is 1.12. The minimum Gasteiger partial charge on any atom is -0.502 e. The fourth-order valence-corrected chi connectivity index (χ4v) is 1.05. The van der Waals surface area contributed by atoms with Crippen LogP contribution in [0.2, 0.25) is 0 Å². The van der Waals surface area contributed by atoms with Gasteiger partial charge in [0.2, 0.25) is 0 Å². The Morgan fingerprint density at radius 3 is 2.73 bits per heavy atom. The molecule has 0 fully saturated rings. The number of methoxy groups -OCH3 is 1. The van der Waals surface area contributed by atoms with E-state index in [1.165, 1.54) is 6.07 Å². The average Bonchev–Trinajstić information content (AvgIpc) is 2.19. The van der Waals surface area contributed by atoms with Crippen molar-refractivity contribution in [3.8, 4) is 17.6 Å². The summed E-state index contributed by atoms with van der Waals surface area (Å²) in [5.74, 6) is -2.39. The number of nitrogens with zero attached hydrogens (tertiary/aromatic N) is 2. The van der Waals surface area contributed by atoms with Gasteiger partial charge in [-0.3, -0.25) is 10.1 Å². The third-order valence-electron chi connectivity index (χ3n) is 1.70. The van der Waals surface area contributed by atoms with E-state index in [1.54, 1.807) is 0 Å². The van der Waals surface area contributed by atoms with Gasteiger partial charge in [0.1, 0.15) is 6.07 Å². The number of nitro groups is 1. The number of hydrogen-bond acceptors (Lipinski definition) is 5. The first kappa shape index (κ1) is 10.7. The number of rotatable bonds is 2. The normalized spacial score (nSPS) is 9.40. The number of nitriles is 1. The van der Waals surface area contributed by atoms with Gasteiger partial charge in [0.15, 0.2) is 22.9 Å². The van der Waals surface area contributed by atoms with Crippen LogP contribution in [0.3, 0.4) is 0 Å². The van der Waals surface area contributed by atoms with Gasteiger partial charge in [-0.05, 0) is 0 Å². The van der Waals surface area contributed by atoms with Crippen molar-refractivity contribution in [1.82, 2.24) is 0 Å². The smallest absolute Gasteiger partial charge is 0.331 e. The highest BCUT2D eigenvalue weighted by molar-refractivity contribution is 5.61. The summed E-state index contributed by atoms with van der Waals surface area (Å²) >= 11 is 0. The average molecular weight is 212 g/mol. The fraction of sp³-hybridized carbons (Fsp3) is 0.125. The van der Waals surface area contributed by atoms with E-state index < -0.39 is 33.5 Å². The molecule has 1 aromatic rings. The molecule has 78 valence electrons. The van der Waals surface area contributed by atoms with Gasteiger partial charge in [-0.15, -0.1) is 0 Å². The summed E-state index contributed by atoms with van der Waals surface area (Å²) < 4.78 is 17.8. The Labute approximate surface area is 83.3 Å². The number of phenols is 1. The first-order chi connectivity index (χ1) is 7.02. The van der Waals surface area contributed by atoms with Gasteiger partial charge in [0.05, 0.1) is 12.0 Å². The zero-order valence-electron chi connectivity index (χ0n) is 7.52. The van der Waals surface area contributed by atoms with Crippen molar-refractivity contribution < 1.29 is 19.2 Å². The maximum Gasteiger partial charge on any atom is 0.331 e. The van der Waals surface area contributed by atoms with Crippen LogP contribution in [0.25, 0.3) is 0 Å². The molecular formula is C8H5FN2O4. The van der Waals surface area contributed by atoms with Gasteiger partial charge in [-0.25, -0.2) is 4.39 Å². The number of aromatic hydroxyl groups is 1. The molecule has 0 amide bonds. The molecule has 0 heterocycles. The zero-order chi connectivity index (χ0) is 11.6. The predicted octanol–water partition coefficient (Wildman–Crippen LogP) is 1.32. The van der Waals surface area contributed by atoms with Crippen LogP contribution in [-0.4, -0.2) is 17.1 Å². The van der Waals surface area contributed by atoms with Crippen LogP contribution in [0.4, 0.5) is 10.1 Å². The highest BCUT2D eigenvalue weighted by Crippen LogP contribution is 2.36. The van der Waals surface area contributed by atoms with E-state index in [4.69, 9.17) is 5.26 Å². The second kappa shape index (κ2) is 3.79. The monoisotopic (exact) mass is 212 g/mol. The summed E-state index contributed by atoms with van der Waals surface area (Å²) in [6.07, 6.45) is 0. The molecule has 0 saturated carbocycles. The standard InChI is InChI=1S/C8H5FN2O4/c1-15-6-2-5(12)8(11(13)14)4(3-10)7(6)9/h2,12H,1H3. The van der Waals surface area contributed by atoms with E-state index in [-0.39, 0.29) is 0 Å². The van der Waals surface area contributed by atoms with Crippen LogP contribution < -0.4 is 4.74 Å². The summed E-state index contributed by atoms with van der Waals surface area (Å²) in [6, 6.07) is 2.05. The quantitative estimate of drug-likeness (QED) is 0.589. The first-order valence-electron chi connectivity index (χ1n) is 3.66. The van der Waals surface area contributed by atoms with E-state index >= 15 is 0 Å². The number of ether oxygens (including phenoxy) is 1. The van der Waals surface area contributed by atoms with Crippen LogP contribution in [0, 0.1) is 27.3 Å². The van der Waals surface area contributed by atoms with Gasteiger partial charge in [-0.1, -0.05) is 0 Å². The van der Waals surface area contributed by atoms with Gasteiger partial charge in [0.25, 0.3) is 0 Å². The summed E-state index contributed by atoms with van der Waals surface area (Å²) in [6.45, 7) is 0. The predicted molar refractivity (Wildman–Crippen MR) is 46.0 cm³/mol. The molecule has 1 aromatic carbocycles. The molecule has 0 aromatic heterocycles. The van der Waals surface area contributed by atoms with Crippen LogP contribution in [0.1, 0.15) is 5.56 Å². The highest BCUT2D eigenvalue weighted by atomic mass is 19.1. The second-order valence-electron chi connectivity index (χ2n) is 2.50. The van der Waals surface area contributed by atoms with Gasteiger partial charge in [-0.2, -0.15) is 5.26 Å². The molecule has 0 bridgehead atoms. The number of benzene rings is 1. The highest BCUT2D eigenvalue weighted by Gasteiger charge is 2.27. The molecule has 1 N–H and O–H groups in total. The molecule has 7 heteroatoms. The summed E-state index contributed by atoms with van der Waals surface area (Å²) in [5, 5.41) is 28.2. The van der Waals surface area contributed by atoms with Crippen molar-refractivity contribution in [1.29, 1.82) is 5.26 Å². The lowest BCUT2D eigenvalue weighted by Gasteiger charge is -2.04. The Kier molecular flexibility index (Phi) is 2.71. The summed E-state index contributed by atoms with van der Waals surface area (Å²) in [5.41, 5.74) is -1.81. The molecule has 0 spiro atoms. The molecule has 0 unspecified atom stereocenters. The van der Waals surface area contributed by atoms with E-state index in [1.807, 2.05) is 0 Å². The Morgan fingerprint density at radius 1 is 1.73 bits per heavy atom. The fourth-order valence-electron chi connectivity index (χ4n) is 1.05. The SMILES string of the molecule is COc1cc(O)c([N+](=O)[O-])c(C#N)c1F. The van der Waals surface area contributed by atoms with E-state index in [0.717, 1.165) is 13.2 Å². The third kappa shape index (κ3) is 1.65. The van der Waals surface area contributed by atoms with Crippen molar-refractivity contribution in [3.05, 3.63) is 27.6 Å². The van der Waals surface area contributed by atoms with Crippen molar-refractivity contribution in [2.45, 2.75) is 0 Å². The summed E-state index contributed by atoms with van der Waals surface area (Å²) in [4.78, 5) is 9.41. The van der Waals surface area contributed by atoms with E-state index in [0.29, 0.717) is 0 Å². The van der Waals surface area contributed by atoms with Crippen LogP contribution >= 0.6 is 0 Å². The molecule has 0 saturated heterocycles. The maximum absolute atomic E-state index is 13.3. The Morgan fingerprint density at radius 2 is 2.33 bits per heavy atom. The topological polar surface area (TPSA) is 96.4 Å². The minimum atomic E-state index is -1.16. The van der Waals surface area contributed by atoms with Crippen LogP contribution in [-0.2, 0) is 0 Å². The largest absolute Gasteiger partial charge is 0.502 e. The lowest BCUT2D eigenvalue weighted by atomic mass is 10.1. The van der Waals surface area contributed by atoms with Crippen molar-refractivity contribution >= 4 is 5.69 Å². The van der Waals surface area contributed by atoms with Crippen molar-refractivity contribution in [2.24, 2.45) is 0 Å². The molecule has 1 rings (SSSR count). The molecule has 0 aliphatic heterocycles. The Bertz CT molecular complexity index is 467. The van der Waals surface area contributed by atoms with Crippen LogP contribution in [0.5, 0.6) is 11.5 Å².